The molecule has 1 aromatic rings. The van der Waals surface area contributed by atoms with E-state index >= 15 is 0 Å². The Morgan fingerprint density at radius 3 is 2.45 bits per heavy atom. The zero-order valence-electron chi connectivity index (χ0n) is 18.1. The normalized spacial score (nSPS) is 22.4. The second-order valence-electron chi connectivity index (χ2n) is 7.74. The molecule has 0 radical (unpaired) electrons. The third-order valence-corrected chi connectivity index (χ3v) is 5.55. The molecule has 1 amide bonds. The van der Waals surface area contributed by atoms with Gasteiger partial charge < -0.3 is 24.3 Å². The van der Waals surface area contributed by atoms with Crippen LogP contribution in [0.3, 0.4) is 0 Å². The number of unbranched alkanes of at least 4 members (excludes halogenated alkanes) is 3. The molecule has 8 heteroatoms. The van der Waals surface area contributed by atoms with Crippen molar-refractivity contribution in [2.45, 2.75) is 64.0 Å². The number of methoxy groups -OCH3 is 1. The number of carbonyl (C=O) groups is 4. The van der Waals surface area contributed by atoms with Gasteiger partial charge in [0.2, 0.25) is 0 Å². The first-order chi connectivity index (χ1) is 14.9. The van der Waals surface area contributed by atoms with Crippen LogP contribution in [-0.2, 0) is 23.9 Å². The van der Waals surface area contributed by atoms with Crippen LogP contribution in [0.2, 0.25) is 0 Å². The minimum Gasteiger partial charge on any atom is -0.469 e. The fraction of sp³-hybridized carbons (Fsp3) is 0.565. The number of esters is 2. The van der Waals surface area contributed by atoms with Crippen molar-refractivity contribution in [2.24, 2.45) is 11.8 Å². The smallest absolute Gasteiger partial charge is 0.412 e. The highest BCUT2D eigenvalue weighted by atomic mass is 16.6. The highest BCUT2D eigenvalue weighted by molar-refractivity contribution is 5.72. The number of rotatable bonds is 11. The first-order valence-corrected chi connectivity index (χ1v) is 10.7. The number of nitrogens with one attached hydrogen (secondary N) is 1. The maximum Gasteiger partial charge on any atom is 0.412 e. The summed E-state index contributed by atoms with van der Waals surface area (Å²) >= 11 is 0. The van der Waals surface area contributed by atoms with Gasteiger partial charge in [0, 0.05) is 37.6 Å². The van der Waals surface area contributed by atoms with Crippen molar-refractivity contribution in [3.05, 3.63) is 30.3 Å². The third kappa shape index (κ3) is 8.03. The summed E-state index contributed by atoms with van der Waals surface area (Å²) in [5.74, 6) is -0.874. The van der Waals surface area contributed by atoms with Crippen molar-refractivity contribution in [3.63, 3.8) is 0 Å². The number of aldehydes is 1. The Morgan fingerprint density at radius 2 is 1.81 bits per heavy atom. The molecule has 8 nitrogen and oxygen atoms in total. The number of hydrogen-bond donors (Lipinski definition) is 1. The van der Waals surface area contributed by atoms with Gasteiger partial charge in [-0.15, -0.1) is 0 Å². The van der Waals surface area contributed by atoms with Gasteiger partial charge in [-0.2, -0.15) is 0 Å². The zero-order valence-corrected chi connectivity index (χ0v) is 18.1. The second kappa shape index (κ2) is 12.7. The Kier molecular flexibility index (Phi) is 10.00. The van der Waals surface area contributed by atoms with Gasteiger partial charge in [-0.3, -0.25) is 9.59 Å². The Morgan fingerprint density at radius 1 is 1.10 bits per heavy atom. The van der Waals surface area contributed by atoms with Gasteiger partial charge in [0.15, 0.2) is 0 Å². The standard InChI is InChI=1S/C23H31NO7/c1-16(26)30-21-14-20(24-23(28)31-17-10-6-5-7-11-17)19(15-25)18(21)12-8-3-4-9-13-22(27)29-2/h5-7,10-11,15,18-21H,3-4,8-9,12-14H2,1-2H3,(H,24,28)/t18?,19-,20?,21+/m1/s1. The Hall–Kier alpha value is -2.90. The van der Waals surface area contributed by atoms with Crippen LogP contribution < -0.4 is 10.1 Å². The van der Waals surface area contributed by atoms with Gasteiger partial charge in [-0.05, 0) is 25.0 Å². The van der Waals surface area contributed by atoms with Crippen LogP contribution in [0.1, 0.15) is 51.9 Å². The van der Waals surface area contributed by atoms with E-state index in [9.17, 15) is 19.2 Å². The topological polar surface area (TPSA) is 108 Å². The van der Waals surface area contributed by atoms with Gasteiger partial charge in [0.1, 0.15) is 18.1 Å². The van der Waals surface area contributed by atoms with Crippen molar-refractivity contribution in [2.75, 3.05) is 7.11 Å². The molecule has 31 heavy (non-hydrogen) atoms. The average molecular weight is 434 g/mol. The van der Waals surface area contributed by atoms with E-state index in [-0.39, 0.29) is 11.9 Å². The van der Waals surface area contributed by atoms with Crippen LogP contribution in [0, 0.1) is 11.8 Å². The van der Waals surface area contributed by atoms with Gasteiger partial charge >= 0.3 is 18.0 Å². The maximum atomic E-state index is 12.3. The van der Waals surface area contributed by atoms with Gasteiger partial charge in [-0.1, -0.05) is 37.5 Å². The average Bonchev–Trinajstić information content (AvgIpc) is 3.05. The van der Waals surface area contributed by atoms with E-state index in [0.29, 0.717) is 25.0 Å². The Balaban J connectivity index is 1.90. The largest absolute Gasteiger partial charge is 0.469 e. The minimum absolute atomic E-state index is 0.177. The number of benzene rings is 1. The van der Waals surface area contributed by atoms with Crippen LogP contribution in [0.25, 0.3) is 0 Å². The van der Waals surface area contributed by atoms with Crippen LogP contribution in [0.5, 0.6) is 5.75 Å². The van der Waals surface area contributed by atoms with Crippen molar-refractivity contribution >= 4 is 24.3 Å². The molecule has 1 aromatic carbocycles. The van der Waals surface area contributed by atoms with E-state index in [1.165, 1.54) is 14.0 Å². The molecule has 2 rings (SSSR count). The van der Waals surface area contributed by atoms with Crippen molar-refractivity contribution in [1.82, 2.24) is 5.32 Å². The lowest BCUT2D eigenvalue weighted by Gasteiger charge is -2.22. The van der Waals surface area contributed by atoms with Crippen LogP contribution >= 0.6 is 0 Å². The summed E-state index contributed by atoms with van der Waals surface area (Å²) in [7, 11) is 1.37. The number of ether oxygens (including phenoxy) is 3. The highest BCUT2D eigenvalue weighted by Gasteiger charge is 2.45. The first-order valence-electron chi connectivity index (χ1n) is 10.7. The molecule has 0 saturated heterocycles. The summed E-state index contributed by atoms with van der Waals surface area (Å²) in [6, 6.07) is 8.18. The lowest BCUT2D eigenvalue weighted by Crippen LogP contribution is -2.40. The maximum absolute atomic E-state index is 12.3. The highest BCUT2D eigenvalue weighted by Crippen LogP contribution is 2.37. The quantitative estimate of drug-likeness (QED) is 0.324. The molecule has 2 unspecified atom stereocenters. The fourth-order valence-electron chi connectivity index (χ4n) is 4.09. The molecule has 1 aliphatic rings. The number of hydrogen-bond acceptors (Lipinski definition) is 7. The summed E-state index contributed by atoms with van der Waals surface area (Å²) in [5.41, 5.74) is 0. The molecule has 1 fully saturated rings. The van der Waals surface area contributed by atoms with Crippen molar-refractivity contribution < 1.29 is 33.4 Å². The van der Waals surface area contributed by atoms with Crippen LogP contribution in [-0.4, -0.2) is 43.6 Å². The summed E-state index contributed by atoms with van der Waals surface area (Å²) in [5, 5.41) is 2.76. The second-order valence-corrected chi connectivity index (χ2v) is 7.74. The molecule has 4 atom stereocenters. The van der Waals surface area contributed by atoms with Crippen LogP contribution in [0.15, 0.2) is 30.3 Å². The SMILES string of the molecule is COC(=O)CCCCCCC1[C@@H](C=O)C(NC(=O)Oc2ccccc2)C[C@@H]1OC(C)=O. The van der Waals surface area contributed by atoms with Crippen molar-refractivity contribution in [3.8, 4) is 5.75 Å². The molecule has 0 aliphatic heterocycles. The zero-order chi connectivity index (χ0) is 22.6. The number of carbonyl (C=O) groups excluding carboxylic acids is 4. The number of para-hydroxylation sites is 1. The summed E-state index contributed by atoms with van der Waals surface area (Å²) in [4.78, 5) is 46.9. The van der Waals surface area contributed by atoms with Gasteiger partial charge in [0.05, 0.1) is 7.11 Å². The van der Waals surface area contributed by atoms with Crippen molar-refractivity contribution in [1.29, 1.82) is 0 Å². The molecule has 0 spiro atoms. The van der Waals surface area contributed by atoms with E-state index in [4.69, 9.17) is 9.47 Å². The number of amides is 1. The first kappa shape index (κ1) is 24.4. The molecular formula is C23H31NO7. The van der Waals surface area contributed by atoms with E-state index in [1.807, 2.05) is 6.07 Å². The molecule has 1 N–H and O–H groups in total. The molecule has 1 saturated carbocycles. The van der Waals surface area contributed by atoms with Gasteiger partial charge in [-0.25, -0.2) is 4.79 Å². The molecule has 170 valence electrons. The van der Waals surface area contributed by atoms with Gasteiger partial charge in [0.25, 0.3) is 0 Å². The van der Waals surface area contributed by atoms with E-state index < -0.39 is 30.1 Å². The Bertz CT molecular complexity index is 737. The molecule has 0 heterocycles. The third-order valence-electron chi connectivity index (χ3n) is 5.55. The van der Waals surface area contributed by atoms with Crippen LogP contribution in [0.4, 0.5) is 4.79 Å². The monoisotopic (exact) mass is 433 g/mol. The predicted octanol–water partition coefficient (Wildman–Crippen LogP) is 3.42. The minimum atomic E-state index is -0.645. The molecule has 0 aromatic heterocycles. The molecule has 0 bridgehead atoms. The summed E-state index contributed by atoms with van der Waals surface area (Å²) in [6.07, 6.45) is 4.52. The fourth-order valence-corrected chi connectivity index (χ4v) is 4.09. The Labute approximate surface area is 182 Å². The summed E-state index contributed by atoms with van der Waals surface area (Å²) < 4.78 is 15.3. The van der Waals surface area contributed by atoms with E-state index in [2.05, 4.69) is 10.1 Å². The predicted molar refractivity (Wildman–Crippen MR) is 112 cm³/mol. The lowest BCUT2D eigenvalue weighted by atomic mass is 9.89. The molecule has 1 aliphatic carbocycles. The lowest BCUT2D eigenvalue weighted by molar-refractivity contribution is -0.149. The van der Waals surface area contributed by atoms with E-state index in [0.717, 1.165) is 32.0 Å². The van der Waals surface area contributed by atoms with E-state index in [1.54, 1.807) is 24.3 Å². The molecular weight excluding hydrogens is 402 g/mol. The summed E-state index contributed by atoms with van der Waals surface area (Å²) in [6.45, 7) is 1.34.